The highest BCUT2D eigenvalue weighted by Crippen LogP contribution is 2.18. The van der Waals surface area contributed by atoms with Gasteiger partial charge in [0.25, 0.3) is 10.2 Å². The molecule has 2 aliphatic rings. The molecule has 2 aliphatic heterocycles. The molecule has 0 spiro atoms. The fraction of sp³-hybridized carbons (Fsp3) is 0.667. The van der Waals surface area contributed by atoms with Gasteiger partial charge in [0.15, 0.2) is 0 Å². The molecule has 3 rings (SSSR count). The summed E-state index contributed by atoms with van der Waals surface area (Å²) in [5.41, 5.74) is 0. The molecule has 0 unspecified atom stereocenters. The summed E-state index contributed by atoms with van der Waals surface area (Å²) in [4.78, 5) is 2.22. The van der Waals surface area contributed by atoms with E-state index in [1.807, 2.05) is 0 Å². The second-order valence-electron chi connectivity index (χ2n) is 7.43. The van der Waals surface area contributed by atoms with Crippen molar-refractivity contribution in [2.24, 2.45) is 5.14 Å². The normalized spacial score (nSPS) is 21.0. The van der Waals surface area contributed by atoms with Gasteiger partial charge in [-0.1, -0.05) is 12.8 Å². The number of nitrogens with zero attached hydrogens (tertiary/aromatic N) is 3. The Labute approximate surface area is 173 Å². The molecule has 0 amide bonds. The molecule has 0 saturated carbocycles. The van der Waals surface area contributed by atoms with E-state index in [0.29, 0.717) is 58.2 Å². The average Bonchev–Trinajstić information content (AvgIpc) is 2.98. The van der Waals surface area contributed by atoms with Crippen LogP contribution in [0.4, 0.5) is 0 Å². The predicted molar refractivity (Wildman–Crippen MR) is 110 cm³/mol. The van der Waals surface area contributed by atoms with Crippen LogP contribution in [0.25, 0.3) is 0 Å². The van der Waals surface area contributed by atoms with E-state index < -0.39 is 20.2 Å². The van der Waals surface area contributed by atoms with Gasteiger partial charge in [-0.3, -0.25) is 4.90 Å². The largest absolute Gasteiger partial charge is 0.492 e. The Balaban J connectivity index is 1.43. The van der Waals surface area contributed by atoms with Crippen molar-refractivity contribution < 1.29 is 21.6 Å². The van der Waals surface area contributed by atoms with E-state index in [4.69, 9.17) is 9.88 Å². The number of nitrogens with two attached hydrogens (primary N) is 1. The summed E-state index contributed by atoms with van der Waals surface area (Å²) in [7, 11) is -7.07. The van der Waals surface area contributed by atoms with Crippen LogP contribution >= 0.6 is 0 Å². The van der Waals surface area contributed by atoms with E-state index in [0.717, 1.165) is 25.7 Å². The van der Waals surface area contributed by atoms with Crippen LogP contribution in [-0.2, 0) is 20.2 Å². The highest BCUT2D eigenvalue weighted by Gasteiger charge is 2.32. The lowest BCUT2D eigenvalue weighted by molar-refractivity contribution is 0.154. The molecule has 0 radical (unpaired) electrons. The van der Waals surface area contributed by atoms with Crippen LogP contribution in [-0.4, -0.2) is 82.8 Å². The third kappa shape index (κ3) is 6.12. The zero-order valence-electron chi connectivity index (χ0n) is 16.6. The summed E-state index contributed by atoms with van der Waals surface area (Å²) in [6, 6.07) is 5.98. The lowest BCUT2D eigenvalue weighted by Crippen LogP contribution is -2.53. The average molecular weight is 447 g/mol. The number of ether oxygens (including phenoxy) is 1. The van der Waals surface area contributed by atoms with Crippen molar-refractivity contribution in [2.45, 2.75) is 30.6 Å². The van der Waals surface area contributed by atoms with Crippen LogP contribution in [0.3, 0.4) is 0 Å². The van der Waals surface area contributed by atoms with E-state index in [2.05, 4.69) is 4.90 Å². The Morgan fingerprint density at radius 1 is 0.793 bits per heavy atom. The molecule has 1 aromatic rings. The summed E-state index contributed by atoms with van der Waals surface area (Å²) in [6.45, 7) is 4.68. The summed E-state index contributed by atoms with van der Waals surface area (Å²) < 4.78 is 57.1. The van der Waals surface area contributed by atoms with E-state index in [1.165, 1.54) is 12.1 Å². The molecule has 2 heterocycles. The van der Waals surface area contributed by atoms with Gasteiger partial charge in [-0.05, 0) is 37.1 Å². The lowest BCUT2D eigenvalue weighted by atomic mass is 10.2. The first-order valence-electron chi connectivity index (χ1n) is 10.00. The van der Waals surface area contributed by atoms with Crippen molar-refractivity contribution in [3.05, 3.63) is 24.3 Å². The van der Waals surface area contributed by atoms with Gasteiger partial charge in [0.05, 0.1) is 4.90 Å². The zero-order chi connectivity index (χ0) is 20.9. The first kappa shape index (κ1) is 22.4. The SMILES string of the molecule is NS(=O)(=O)c1ccc(OCCN2CCN(S(=O)(=O)N3CCCCCC3)CC2)cc1. The van der Waals surface area contributed by atoms with Gasteiger partial charge in [0, 0.05) is 45.8 Å². The molecule has 0 aliphatic carbocycles. The zero-order valence-corrected chi connectivity index (χ0v) is 18.2. The topological polar surface area (TPSA) is 113 Å². The van der Waals surface area contributed by atoms with Crippen LogP contribution < -0.4 is 9.88 Å². The molecular formula is C18H30N4O5S2. The van der Waals surface area contributed by atoms with Crippen LogP contribution in [0.1, 0.15) is 25.7 Å². The van der Waals surface area contributed by atoms with Crippen LogP contribution in [0.5, 0.6) is 5.75 Å². The first-order valence-corrected chi connectivity index (χ1v) is 12.9. The number of primary sulfonamides is 1. The number of benzene rings is 1. The smallest absolute Gasteiger partial charge is 0.282 e. The summed E-state index contributed by atoms with van der Waals surface area (Å²) in [6.07, 6.45) is 4.08. The highest BCUT2D eigenvalue weighted by molar-refractivity contribution is 7.89. The second-order valence-corrected chi connectivity index (χ2v) is 10.9. The van der Waals surface area contributed by atoms with Crippen molar-refractivity contribution in [3.63, 3.8) is 0 Å². The van der Waals surface area contributed by atoms with Gasteiger partial charge >= 0.3 is 0 Å². The molecule has 29 heavy (non-hydrogen) atoms. The Bertz CT molecular complexity index is 858. The van der Waals surface area contributed by atoms with Gasteiger partial charge in [-0.2, -0.15) is 17.0 Å². The Morgan fingerprint density at radius 3 is 1.90 bits per heavy atom. The maximum atomic E-state index is 12.9. The Kier molecular flexibility index (Phi) is 7.52. The molecule has 2 saturated heterocycles. The summed E-state index contributed by atoms with van der Waals surface area (Å²) in [5, 5.41) is 5.08. The van der Waals surface area contributed by atoms with E-state index in [-0.39, 0.29) is 4.90 Å². The lowest BCUT2D eigenvalue weighted by Gasteiger charge is -2.36. The second kappa shape index (κ2) is 9.71. The molecule has 9 nitrogen and oxygen atoms in total. The van der Waals surface area contributed by atoms with E-state index in [1.54, 1.807) is 20.7 Å². The molecule has 0 atom stereocenters. The molecule has 11 heteroatoms. The molecule has 0 aromatic heterocycles. The number of sulfonamides is 1. The number of hydrogen-bond acceptors (Lipinski definition) is 6. The minimum absolute atomic E-state index is 0.0478. The summed E-state index contributed by atoms with van der Waals surface area (Å²) in [5.74, 6) is 0.569. The fourth-order valence-electron chi connectivity index (χ4n) is 3.64. The third-order valence-corrected chi connectivity index (χ3v) is 8.34. The first-order chi connectivity index (χ1) is 13.8. The monoisotopic (exact) mass is 446 g/mol. The quantitative estimate of drug-likeness (QED) is 0.651. The van der Waals surface area contributed by atoms with Crippen molar-refractivity contribution in [1.29, 1.82) is 0 Å². The maximum absolute atomic E-state index is 12.9. The molecule has 0 bridgehead atoms. The molecule has 164 valence electrons. The van der Waals surface area contributed by atoms with Gasteiger partial charge < -0.3 is 4.74 Å². The van der Waals surface area contributed by atoms with Crippen molar-refractivity contribution in [1.82, 2.24) is 13.5 Å². The summed E-state index contributed by atoms with van der Waals surface area (Å²) >= 11 is 0. The van der Waals surface area contributed by atoms with Crippen molar-refractivity contribution in [3.8, 4) is 5.75 Å². The van der Waals surface area contributed by atoms with E-state index in [9.17, 15) is 16.8 Å². The molecule has 2 fully saturated rings. The molecule has 2 N–H and O–H groups in total. The van der Waals surface area contributed by atoms with E-state index >= 15 is 0 Å². The molecular weight excluding hydrogens is 416 g/mol. The minimum atomic E-state index is -3.71. The Hall–Kier alpha value is -1.24. The maximum Gasteiger partial charge on any atom is 0.282 e. The van der Waals surface area contributed by atoms with Crippen molar-refractivity contribution in [2.75, 3.05) is 52.4 Å². The van der Waals surface area contributed by atoms with Crippen molar-refractivity contribution >= 4 is 20.2 Å². The standard InChI is InChI=1S/C18H30N4O5S2/c19-28(23,24)18-7-5-17(6-8-18)27-16-15-20-11-13-22(14-12-20)29(25,26)21-9-3-1-2-4-10-21/h5-8H,1-4,9-16H2,(H2,19,23,24). The predicted octanol–water partition coefficient (Wildman–Crippen LogP) is 0.451. The Morgan fingerprint density at radius 2 is 1.34 bits per heavy atom. The van der Waals surface area contributed by atoms with Gasteiger partial charge in [0.1, 0.15) is 12.4 Å². The van der Waals surface area contributed by atoms with Crippen LogP contribution in [0.15, 0.2) is 29.2 Å². The fourth-order valence-corrected chi connectivity index (χ4v) is 5.82. The highest BCUT2D eigenvalue weighted by atomic mass is 32.2. The number of hydrogen-bond donors (Lipinski definition) is 1. The molecule has 1 aromatic carbocycles. The van der Waals surface area contributed by atoms with Gasteiger partial charge in [0.2, 0.25) is 10.0 Å². The number of piperazine rings is 1. The van der Waals surface area contributed by atoms with Gasteiger partial charge in [-0.25, -0.2) is 13.6 Å². The third-order valence-electron chi connectivity index (χ3n) is 5.38. The van der Waals surface area contributed by atoms with Crippen LogP contribution in [0, 0.1) is 0 Å². The minimum Gasteiger partial charge on any atom is -0.492 e. The van der Waals surface area contributed by atoms with Gasteiger partial charge in [-0.15, -0.1) is 0 Å². The van der Waals surface area contributed by atoms with Crippen LogP contribution in [0.2, 0.25) is 0 Å². The number of rotatable bonds is 7.